The molecule has 0 radical (unpaired) electrons. The average molecular weight is 233 g/mol. The molecule has 0 unspecified atom stereocenters. The fourth-order valence-electron chi connectivity index (χ4n) is 2.15. The van der Waals surface area contributed by atoms with Crippen molar-refractivity contribution in [2.45, 2.75) is 38.8 Å². The molecule has 0 aliphatic carbocycles. The Bertz CT molecular complexity index is 386. The maximum Gasteiger partial charge on any atom is 0.237 e. The van der Waals surface area contributed by atoms with Crippen LogP contribution in [0.5, 0.6) is 0 Å². The number of rotatable bonds is 4. The molecule has 4 heteroatoms. The summed E-state index contributed by atoms with van der Waals surface area (Å²) in [4.78, 5) is 16.1. The molecule has 0 saturated carbocycles. The van der Waals surface area contributed by atoms with Gasteiger partial charge in [0.25, 0.3) is 0 Å². The minimum atomic E-state index is -0.0104. The fraction of sp³-hybridized carbons (Fsp3) is 0.538. The fourth-order valence-corrected chi connectivity index (χ4v) is 2.15. The molecule has 0 spiro atoms. The monoisotopic (exact) mass is 233 g/mol. The van der Waals surface area contributed by atoms with Crippen LogP contribution < -0.4 is 10.6 Å². The molecule has 1 saturated heterocycles. The van der Waals surface area contributed by atoms with Crippen molar-refractivity contribution < 1.29 is 4.79 Å². The van der Waals surface area contributed by atoms with Crippen molar-refractivity contribution in [3.8, 4) is 0 Å². The van der Waals surface area contributed by atoms with Crippen molar-refractivity contribution in [3.63, 3.8) is 0 Å². The Morgan fingerprint density at radius 3 is 3.24 bits per heavy atom. The van der Waals surface area contributed by atoms with Gasteiger partial charge in [-0.3, -0.25) is 9.78 Å². The molecule has 2 heterocycles. The van der Waals surface area contributed by atoms with Gasteiger partial charge in [0.05, 0.1) is 18.3 Å². The first-order valence-electron chi connectivity index (χ1n) is 6.25. The largest absolute Gasteiger partial charge is 0.349 e. The van der Waals surface area contributed by atoms with Crippen LogP contribution in [0.15, 0.2) is 18.3 Å². The van der Waals surface area contributed by atoms with Gasteiger partial charge in [-0.1, -0.05) is 13.0 Å². The number of hydrogen-bond acceptors (Lipinski definition) is 3. The summed E-state index contributed by atoms with van der Waals surface area (Å²) in [6.45, 7) is 3.57. The van der Waals surface area contributed by atoms with Gasteiger partial charge in [-0.25, -0.2) is 0 Å². The van der Waals surface area contributed by atoms with E-state index in [2.05, 4.69) is 28.6 Å². The molecule has 1 aromatic heterocycles. The normalized spacial score (nSPS) is 19.2. The van der Waals surface area contributed by atoms with Crippen molar-refractivity contribution in [2.75, 3.05) is 6.54 Å². The van der Waals surface area contributed by atoms with E-state index in [9.17, 15) is 4.79 Å². The number of carbonyl (C=O) groups excluding carboxylic acids is 1. The zero-order chi connectivity index (χ0) is 12.1. The van der Waals surface area contributed by atoms with Crippen LogP contribution in [0.1, 0.15) is 31.0 Å². The highest BCUT2D eigenvalue weighted by Crippen LogP contribution is 2.07. The summed E-state index contributed by atoms with van der Waals surface area (Å²) >= 11 is 0. The van der Waals surface area contributed by atoms with Crippen molar-refractivity contribution >= 4 is 5.91 Å². The summed E-state index contributed by atoms with van der Waals surface area (Å²) < 4.78 is 0. The highest BCUT2D eigenvalue weighted by molar-refractivity contribution is 5.81. The topological polar surface area (TPSA) is 54.0 Å². The number of aromatic nitrogens is 1. The first kappa shape index (κ1) is 12.0. The lowest BCUT2D eigenvalue weighted by Crippen LogP contribution is -2.40. The number of carbonyl (C=O) groups is 1. The Morgan fingerprint density at radius 1 is 1.65 bits per heavy atom. The van der Waals surface area contributed by atoms with E-state index in [-0.39, 0.29) is 11.9 Å². The highest BCUT2D eigenvalue weighted by Gasteiger charge is 2.21. The van der Waals surface area contributed by atoms with E-state index in [4.69, 9.17) is 0 Å². The van der Waals surface area contributed by atoms with Crippen molar-refractivity contribution in [1.82, 2.24) is 15.6 Å². The zero-order valence-corrected chi connectivity index (χ0v) is 10.2. The Labute approximate surface area is 102 Å². The molecule has 1 amide bonds. The van der Waals surface area contributed by atoms with Crippen molar-refractivity contribution in [1.29, 1.82) is 0 Å². The van der Waals surface area contributed by atoms with Gasteiger partial charge < -0.3 is 10.6 Å². The molecule has 1 aliphatic rings. The second-order valence-corrected chi connectivity index (χ2v) is 4.33. The van der Waals surface area contributed by atoms with Crippen LogP contribution in [-0.2, 0) is 17.8 Å². The van der Waals surface area contributed by atoms with Crippen LogP contribution in [0.3, 0.4) is 0 Å². The number of pyridine rings is 1. The molecule has 0 aromatic carbocycles. The van der Waals surface area contributed by atoms with Crippen LogP contribution in [-0.4, -0.2) is 23.5 Å². The molecule has 0 bridgehead atoms. The Morgan fingerprint density at radius 2 is 2.53 bits per heavy atom. The third kappa shape index (κ3) is 3.03. The number of nitrogens with one attached hydrogen (secondary N) is 2. The van der Waals surface area contributed by atoms with E-state index >= 15 is 0 Å². The third-order valence-electron chi connectivity index (χ3n) is 3.17. The minimum Gasteiger partial charge on any atom is -0.349 e. The zero-order valence-electron chi connectivity index (χ0n) is 10.2. The summed E-state index contributed by atoms with van der Waals surface area (Å²) in [7, 11) is 0. The van der Waals surface area contributed by atoms with Crippen LogP contribution >= 0.6 is 0 Å². The lowest BCUT2D eigenvalue weighted by molar-refractivity contribution is -0.122. The van der Waals surface area contributed by atoms with Crippen molar-refractivity contribution in [2.24, 2.45) is 0 Å². The summed E-state index contributed by atoms with van der Waals surface area (Å²) in [6.07, 6.45) is 4.74. The van der Waals surface area contributed by atoms with Gasteiger partial charge in [-0.2, -0.15) is 0 Å². The molecular weight excluding hydrogens is 214 g/mol. The van der Waals surface area contributed by atoms with Gasteiger partial charge in [-0.05, 0) is 37.4 Å². The number of amides is 1. The predicted octanol–water partition coefficient (Wildman–Crippen LogP) is 1.01. The lowest BCUT2D eigenvalue weighted by Gasteiger charge is -2.12. The molecule has 2 N–H and O–H groups in total. The second kappa shape index (κ2) is 5.77. The lowest BCUT2D eigenvalue weighted by atomic mass is 10.1. The summed E-state index contributed by atoms with van der Waals surface area (Å²) in [6, 6.07) is 3.98. The minimum absolute atomic E-state index is 0.0104. The first-order chi connectivity index (χ1) is 8.31. The van der Waals surface area contributed by atoms with Gasteiger partial charge in [0.1, 0.15) is 0 Å². The summed E-state index contributed by atoms with van der Waals surface area (Å²) in [5.74, 6) is 0.0928. The van der Waals surface area contributed by atoms with Crippen LogP contribution in [0.4, 0.5) is 0 Å². The van der Waals surface area contributed by atoms with Crippen LogP contribution in [0.2, 0.25) is 0 Å². The Balaban J connectivity index is 1.90. The molecule has 1 fully saturated rings. The predicted molar refractivity (Wildman–Crippen MR) is 66.5 cm³/mol. The SMILES string of the molecule is CCc1cccnc1CNC(=O)[C@@H]1CCCN1. The average Bonchev–Trinajstić information content (AvgIpc) is 2.90. The molecule has 92 valence electrons. The molecule has 4 nitrogen and oxygen atoms in total. The third-order valence-corrected chi connectivity index (χ3v) is 3.17. The van der Waals surface area contributed by atoms with Crippen LogP contribution in [0.25, 0.3) is 0 Å². The quantitative estimate of drug-likeness (QED) is 0.816. The van der Waals surface area contributed by atoms with E-state index in [1.807, 2.05) is 6.07 Å². The van der Waals surface area contributed by atoms with Crippen LogP contribution in [0, 0.1) is 0 Å². The number of nitrogens with zero attached hydrogens (tertiary/aromatic N) is 1. The Kier molecular flexibility index (Phi) is 4.09. The highest BCUT2D eigenvalue weighted by atomic mass is 16.2. The summed E-state index contributed by atoms with van der Waals surface area (Å²) in [5.41, 5.74) is 2.17. The molecule has 2 rings (SSSR count). The molecule has 1 atom stereocenters. The van der Waals surface area contributed by atoms with Gasteiger partial charge in [0.2, 0.25) is 5.91 Å². The first-order valence-corrected chi connectivity index (χ1v) is 6.25. The smallest absolute Gasteiger partial charge is 0.237 e. The Hall–Kier alpha value is -1.42. The molecule has 1 aliphatic heterocycles. The van der Waals surface area contributed by atoms with Crippen molar-refractivity contribution in [3.05, 3.63) is 29.6 Å². The van der Waals surface area contributed by atoms with E-state index in [1.165, 1.54) is 5.56 Å². The van der Waals surface area contributed by atoms with Gasteiger partial charge in [0, 0.05) is 6.20 Å². The van der Waals surface area contributed by atoms with Gasteiger partial charge in [-0.15, -0.1) is 0 Å². The summed E-state index contributed by atoms with van der Waals surface area (Å²) in [5, 5.41) is 6.14. The molecular formula is C13H19N3O. The van der Waals surface area contributed by atoms with E-state index in [0.717, 1.165) is 31.5 Å². The van der Waals surface area contributed by atoms with Gasteiger partial charge in [0.15, 0.2) is 0 Å². The van der Waals surface area contributed by atoms with E-state index in [0.29, 0.717) is 6.54 Å². The second-order valence-electron chi connectivity index (χ2n) is 4.33. The van der Waals surface area contributed by atoms with Gasteiger partial charge >= 0.3 is 0 Å². The molecule has 17 heavy (non-hydrogen) atoms. The number of hydrogen-bond donors (Lipinski definition) is 2. The maximum atomic E-state index is 11.8. The molecule has 1 aromatic rings. The number of aryl methyl sites for hydroxylation is 1. The standard InChI is InChI=1S/C13H19N3O/c1-2-10-5-3-7-15-12(10)9-16-13(17)11-6-4-8-14-11/h3,5,7,11,14H,2,4,6,8-9H2,1H3,(H,16,17)/t11-/m0/s1. The maximum absolute atomic E-state index is 11.8. The van der Waals surface area contributed by atoms with E-state index in [1.54, 1.807) is 6.20 Å². The van der Waals surface area contributed by atoms with E-state index < -0.39 is 0 Å².